The van der Waals surface area contributed by atoms with Gasteiger partial charge in [-0.1, -0.05) is 42.5 Å². The van der Waals surface area contributed by atoms with Crippen molar-refractivity contribution in [1.29, 1.82) is 0 Å². The number of hydrogen-bond donors (Lipinski definition) is 1. The van der Waals surface area contributed by atoms with Crippen LogP contribution in [0.25, 0.3) is 0 Å². The van der Waals surface area contributed by atoms with Gasteiger partial charge in [-0.15, -0.1) is 0 Å². The van der Waals surface area contributed by atoms with Gasteiger partial charge in [0, 0.05) is 35.7 Å². The average molecular weight is 405 g/mol. The van der Waals surface area contributed by atoms with Gasteiger partial charge in [0.1, 0.15) is 5.82 Å². The summed E-state index contributed by atoms with van der Waals surface area (Å²) in [6, 6.07) is 15.8. The molecule has 1 aliphatic carbocycles. The standard InChI is InChI=1S/C25H24FNO3/c1-16-22(25(29)30-15-14-17-6-3-2-4-7-17)23(18-10-12-19(26)13-11-18)24-20(27-16)8-5-9-21(24)28/h2-4,6-7,10-13,23,27H,5,8-9,14-15H2,1H3/t23-/m0/s1. The molecule has 30 heavy (non-hydrogen) atoms. The molecule has 1 atom stereocenters. The number of nitrogens with one attached hydrogen (secondary N) is 1. The van der Waals surface area contributed by atoms with E-state index in [-0.39, 0.29) is 18.2 Å². The highest BCUT2D eigenvalue weighted by Crippen LogP contribution is 2.42. The molecular formula is C25H24FNO3. The molecule has 0 unspecified atom stereocenters. The minimum absolute atomic E-state index is 0.0279. The molecule has 4 nitrogen and oxygen atoms in total. The molecular weight excluding hydrogens is 381 g/mol. The van der Waals surface area contributed by atoms with E-state index in [0.717, 1.165) is 29.7 Å². The highest BCUT2D eigenvalue weighted by atomic mass is 19.1. The molecule has 2 aliphatic rings. The van der Waals surface area contributed by atoms with E-state index in [0.29, 0.717) is 29.7 Å². The van der Waals surface area contributed by atoms with Gasteiger partial charge >= 0.3 is 5.97 Å². The van der Waals surface area contributed by atoms with Gasteiger partial charge in [-0.3, -0.25) is 4.79 Å². The van der Waals surface area contributed by atoms with Crippen LogP contribution in [0.5, 0.6) is 0 Å². The maximum absolute atomic E-state index is 13.5. The van der Waals surface area contributed by atoms with Crippen LogP contribution in [0.4, 0.5) is 4.39 Å². The Balaban J connectivity index is 1.63. The summed E-state index contributed by atoms with van der Waals surface area (Å²) in [4.78, 5) is 25.9. The van der Waals surface area contributed by atoms with Crippen LogP contribution in [0.2, 0.25) is 0 Å². The molecule has 1 aliphatic heterocycles. The molecule has 2 aromatic rings. The van der Waals surface area contributed by atoms with Crippen molar-refractivity contribution in [3.63, 3.8) is 0 Å². The molecule has 0 saturated carbocycles. The van der Waals surface area contributed by atoms with Crippen molar-refractivity contribution in [2.75, 3.05) is 6.61 Å². The SMILES string of the molecule is CC1=C(C(=O)OCCc2ccccc2)[C@H](c2ccc(F)cc2)C2=C(CCCC2=O)N1. The topological polar surface area (TPSA) is 55.4 Å². The summed E-state index contributed by atoms with van der Waals surface area (Å²) >= 11 is 0. The van der Waals surface area contributed by atoms with Gasteiger partial charge in [0.2, 0.25) is 0 Å². The summed E-state index contributed by atoms with van der Waals surface area (Å²) in [6.07, 6.45) is 2.60. The van der Waals surface area contributed by atoms with Gasteiger partial charge in [0.25, 0.3) is 0 Å². The molecule has 0 radical (unpaired) electrons. The van der Waals surface area contributed by atoms with E-state index < -0.39 is 11.9 Å². The van der Waals surface area contributed by atoms with Crippen LogP contribution in [0, 0.1) is 5.82 Å². The van der Waals surface area contributed by atoms with E-state index in [4.69, 9.17) is 4.74 Å². The largest absolute Gasteiger partial charge is 0.462 e. The van der Waals surface area contributed by atoms with Crippen LogP contribution in [-0.2, 0) is 20.7 Å². The number of benzene rings is 2. The zero-order chi connectivity index (χ0) is 21.1. The van der Waals surface area contributed by atoms with Gasteiger partial charge in [0.15, 0.2) is 5.78 Å². The molecule has 4 rings (SSSR count). The molecule has 0 bridgehead atoms. The highest BCUT2D eigenvalue weighted by Gasteiger charge is 2.39. The van der Waals surface area contributed by atoms with Crippen molar-refractivity contribution >= 4 is 11.8 Å². The van der Waals surface area contributed by atoms with Crippen LogP contribution in [0.15, 0.2) is 77.1 Å². The van der Waals surface area contributed by atoms with Gasteiger partial charge < -0.3 is 10.1 Å². The van der Waals surface area contributed by atoms with Crippen LogP contribution in [0.3, 0.4) is 0 Å². The number of halogens is 1. The summed E-state index contributed by atoms with van der Waals surface area (Å²) in [5, 5.41) is 3.26. The first-order valence-corrected chi connectivity index (χ1v) is 10.2. The number of hydrogen-bond acceptors (Lipinski definition) is 4. The summed E-state index contributed by atoms with van der Waals surface area (Å²) < 4.78 is 19.1. The van der Waals surface area contributed by atoms with Crippen LogP contribution < -0.4 is 5.32 Å². The second kappa shape index (κ2) is 8.66. The molecule has 1 N–H and O–H groups in total. The van der Waals surface area contributed by atoms with Crippen LogP contribution in [0.1, 0.15) is 43.2 Å². The van der Waals surface area contributed by atoms with Gasteiger partial charge in [-0.25, -0.2) is 9.18 Å². The van der Waals surface area contributed by atoms with Crippen LogP contribution in [-0.4, -0.2) is 18.4 Å². The third-order valence-corrected chi connectivity index (χ3v) is 5.67. The smallest absolute Gasteiger partial charge is 0.336 e. The number of dihydropyridines is 1. The third-order valence-electron chi connectivity index (χ3n) is 5.67. The van der Waals surface area contributed by atoms with Crippen molar-refractivity contribution < 1.29 is 18.7 Å². The monoisotopic (exact) mass is 405 g/mol. The minimum atomic E-state index is -0.543. The maximum Gasteiger partial charge on any atom is 0.336 e. The number of Topliss-reactive ketones (excluding diaryl/α,β-unsaturated/α-hetero) is 1. The van der Waals surface area contributed by atoms with Gasteiger partial charge in [0.05, 0.1) is 12.2 Å². The Morgan fingerprint density at radius 3 is 2.57 bits per heavy atom. The van der Waals surface area contributed by atoms with E-state index in [1.54, 1.807) is 12.1 Å². The predicted octanol–water partition coefficient (Wildman–Crippen LogP) is 4.58. The second-order valence-electron chi connectivity index (χ2n) is 7.69. The van der Waals surface area contributed by atoms with Crippen molar-refractivity contribution in [1.82, 2.24) is 5.32 Å². The molecule has 2 aromatic carbocycles. The van der Waals surface area contributed by atoms with E-state index >= 15 is 0 Å². The predicted molar refractivity (Wildman–Crippen MR) is 112 cm³/mol. The van der Waals surface area contributed by atoms with Gasteiger partial charge in [-0.2, -0.15) is 0 Å². The zero-order valence-electron chi connectivity index (χ0n) is 16.9. The first-order chi connectivity index (χ1) is 14.5. The number of ketones is 1. The third kappa shape index (κ3) is 4.06. The van der Waals surface area contributed by atoms with E-state index in [9.17, 15) is 14.0 Å². The Bertz CT molecular complexity index is 1020. The number of rotatable bonds is 5. The van der Waals surface area contributed by atoms with Crippen molar-refractivity contribution in [3.8, 4) is 0 Å². The lowest BCUT2D eigenvalue weighted by Crippen LogP contribution is -2.34. The molecule has 0 fully saturated rings. The lowest BCUT2D eigenvalue weighted by atomic mass is 9.75. The van der Waals surface area contributed by atoms with E-state index in [1.807, 2.05) is 37.3 Å². The molecule has 0 aromatic heterocycles. The summed E-state index contributed by atoms with van der Waals surface area (Å²) in [6.45, 7) is 2.07. The van der Waals surface area contributed by atoms with Crippen molar-refractivity contribution in [2.24, 2.45) is 0 Å². The fraction of sp³-hybridized carbons (Fsp3) is 0.280. The number of ether oxygens (including phenoxy) is 1. The molecule has 5 heteroatoms. The van der Waals surface area contributed by atoms with Gasteiger partial charge in [-0.05, 0) is 43.0 Å². The maximum atomic E-state index is 13.5. The summed E-state index contributed by atoms with van der Waals surface area (Å²) in [5.74, 6) is -1.32. The Labute approximate surface area is 175 Å². The molecule has 154 valence electrons. The highest BCUT2D eigenvalue weighted by molar-refractivity contribution is 6.03. The fourth-order valence-corrected chi connectivity index (χ4v) is 4.23. The Morgan fingerprint density at radius 2 is 1.83 bits per heavy atom. The zero-order valence-corrected chi connectivity index (χ0v) is 16.9. The average Bonchev–Trinajstić information content (AvgIpc) is 2.74. The minimum Gasteiger partial charge on any atom is -0.462 e. The lowest BCUT2D eigenvalue weighted by Gasteiger charge is -2.34. The van der Waals surface area contributed by atoms with E-state index in [1.165, 1.54) is 12.1 Å². The number of carbonyl (C=O) groups excluding carboxylic acids is 2. The number of allylic oxidation sites excluding steroid dienone is 3. The first-order valence-electron chi connectivity index (χ1n) is 10.2. The first kappa shape index (κ1) is 20.1. The normalized spacial score (nSPS) is 18.7. The summed E-state index contributed by atoms with van der Waals surface area (Å²) in [5.41, 5.74) is 4.37. The fourth-order valence-electron chi connectivity index (χ4n) is 4.23. The second-order valence-corrected chi connectivity index (χ2v) is 7.69. The Morgan fingerprint density at radius 1 is 1.10 bits per heavy atom. The van der Waals surface area contributed by atoms with Crippen molar-refractivity contribution in [3.05, 3.63) is 94.1 Å². The van der Waals surface area contributed by atoms with E-state index in [2.05, 4.69) is 5.32 Å². The molecule has 1 heterocycles. The quantitative estimate of drug-likeness (QED) is 0.740. The van der Waals surface area contributed by atoms with Crippen molar-refractivity contribution in [2.45, 2.75) is 38.5 Å². The van der Waals surface area contributed by atoms with Crippen LogP contribution >= 0.6 is 0 Å². The number of esters is 1. The summed E-state index contributed by atoms with van der Waals surface area (Å²) in [7, 11) is 0. The molecule has 0 saturated heterocycles. The Hall–Kier alpha value is -3.21. The lowest BCUT2D eigenvalue weighted by molar-refractivity contribution is -0.139. The molecule has 0 spiro atoms. The number of carbonyl (C=O) groups is 2. The Kier molecular flexibility index (Phi) is 5.79. The molecule has 0 amide bonds.